The van der Waals surface area contributed by atoms with Crippen molar-refractivity contribution in [3.8, 4) is 0 Å². The maximum Gasteiger partial charge on any atom is 0.239 e. The number of hydrogen-bond acceptors (Lipinski definition) is 2. The van der Waals surface area contributed by atoms with Gasteiger partial charge in [-0.05, 0) is 49.9 Å². The van der Waals surface area contributed by atoms with Crippen LogP contribution >= 0.6 is 11.6 Å². The van der Waals surface area contributed by atoms with Gasteiger partial charge >= 0.3 is 0 Å². The number of benzene rings is 1. The second-order valence-electron chi connectivity index (χ2n) is 4.65. The van der Waals surface area contributed by atoms with Gasteiger partial charge < -0.3 is 10.6 Å². The summed E-state index contributed by atoms with van der Waals surface area (Å²) >= 11 is 5.54. The highest BCUT2D eigenvalue weighted by molar-refractivity contribution is 6.29. The number of nitrogens with one attached hydrogen (secondary N) is 2. The highest BCUT2D eigenvalue weighted by atomic mass is 35.5. The van der Waals surface area contributed by atoms with Crippen molar-refractivity contribution in [3.05, 3.63) is 29.8 Å². The Balaban J connectivity index is 2.17. The van der Waals surface area contributed by atoms with Gasteiger partial charge in [0.05, 0.1) is 0 Å². The van der Waals surface area contributed by atoms with Crippen molar-refractivity contribution in [1.29, 1.82) is 0 Å². The fraction of sp³-hybridized carbons (Fsp3) is 0.500. The average molecular weight is 267 g/mol. The lowest BCUT2D eigenvalue weighted by atomic mass is 9.91. The van der Waals surface area contributed by atoms with Gasteiger partial charge in [0.2, 0.25) is 5.91 Å². The van der Waals surface area contributed by atoms with Crippen LogP contribution in [0.4, 0.5) is 5.69 Å². The minimum atomic E-state index is -0.143. The van der Waals surface area contributed by atoms with Crippen LogP contribution in [-0.2, 0) is 4.79 Å². The summed E-state index contributed by atoms with van der Waals surface area (Å²) < 4.78 is 0. The van der Waals surface area contributed by atoms with Crippen molar-refractivity contribution in [3.63, 3.8) is 0 Å². The molecule has 0 bridgehead atoms. The van der Waals surface area contributed by atoms with Crippen LogP contribution in [0, 0.1) is 0 Å². The zero-order valence-corrected chi connectivity index (χ0v) is 11.2. The van der Waals surface area contributed by atoms with Crippen LogP contribution in [-0.4, -0.2) is 24.9 Å². The monoisotopic (exact) mass is 266 g/mol. The molecule has 3 nitrogen and oxygen atoms in total. The van der Waals surface area contributed by atoms with Crippen LogP contribution in [0.1, 0.15) is 30.7 Å². The van der Waals surface area contributed by atoms with E-state index in [9.17, 15) is 4.79 Å². The molecule has 0 radical (unpaired) electrons. The van der Waals surface area contributed by atoms with Gasteiger partial charge in [0.15, 0.2) is 0 Å². The summed E-state index contributed by atoms with van der Waals surface area (Å²) in [5, 5.41) is 6.30. The van der Waals surface area contributed by atoms with Crippen LogP contribution in [0.5, 0.6) is 0 Å². The van der Waals surface area contributed by atoms with Crippen molar-refractivity contribution >= 4 is 23.2 Å². The third-order valence-electron chi connectivity index (χ3n) is 3.37. The molecule has 2 rings (SSSR count). The van der Waals surface area contributed by atoms with E-state index in [2.05, 4.69) is 16.7 Å². The highest BCUT2D eigenvalue weighted by Gasteiger charge is 2.17. The van der Waals surface area contributed by atoms with Gasteiger partial charge in [0.25, 0.3) is 0 Å². The molecule has 1 aromatic carbocycles. The van der Waals surface area contributed by atoms with E-state index in [-0.39, 0.29) is 11.8 Å². The van der Waals surface area contributed by atoms with Crippen LogP contribution in [0.25, 0.3) is 0 Å². The number of halogens is 1. The largest absolute Gasteiger partial charge is 0.325 e. The van der Waals surface area contributed by atoms with Crippen molar-refractivity contribution in [2.45, 2.75) is 25.2 Å². The van der Waals surface area contributed by atoms with Crippen LogP contribution in [0.2, 0.25) is 0 Å². The third-order valence-corrected chi connectivity index (χ3v) is 3.61. The maximum atomic E-state index is 11.4. The van der Waals surface area contributed by atoms with Gasteiger partial charge in [-0.25, -0.2) is 0 Å². The highest BCUT2D eigenvalue weighted by Crippen LogP contribution is 2.31. The first-order valence-electron chi connectivity index (χ1n) is 6.46. The Bertz CT molecular complexity index is 401. The second kappa shape index (κ2) is 6.76. The number of hydrogen-bond donors (Lipinski definition) is 2. The van der Waals surface area contributed by atoms with E-state index in [1.807, 2.05) is 18.2 Å². The summed E-state index contributed by atoms with van der Waals surface area (Å²) in [4.78, 5) is 11.4. The summed E-state index contributed by atoms with van der Waals surface area (Å²) in [5.74, 6) is 0.378. The van der Waals surface area contributed by atoms with Crippen molar-refractivity contribution in [2.24, 2.45) is 0 Å². The lowest BCUT2D eigenvalue weighted by molar-refractivity contribution is -0.113. The van der Waals surface area contributed by atoms with E-state index in [1.54, 1.807) is 0 Å². The molecule has 4 heteroatoms. The first kappa shape index (κ1) is 13.4. The Morgan fingerprint density at radius 1 is 1.33 bits per heavy atom. The molecule has 0 unspecified atom stereocenters. The lowest BCUT2D eigenvalue weighted by Crippen LogP contribution is -2.16. The molecule has 18 heavy (non-hydrogen) atoms. The number of amides is 1. The number of carbonyl (C=O) groups is 1. The van der Waals surface area contributed by atoms with Crippen LogP contribution < -0.4 is 10.6 Å². The molecule has 0 spiro atoms. The molecule has 1 saturated heterocycles. The Morgan fingerprint density at radius 3 is 3.00 bits per heavy atom. The normalized spacial score (nSPS) is 20.2. The van der Waals surface area contributed by atoms with Gasteiger partial charge in [0, 0.05) is 5.69 Å². The molecular weight excluding hydrogens is 248 g/mol. The molecule has 1 aliphatic rings. The van der Waals surface area contributed by atoms with Crippen molar-refractivity contribution < 1.29 is 4.79 Å². The van der Waals surface area contributed by atoms with Gasteiger partial charge in [-0.3, -0.25) is 4.79 Å². The molecule has 1 aliphatic heterocycles. The van der Waals surface area contributed by atoms with E-state index < -0.39 is 0 Å². The van der Waals surface area contributed by atoms with E-state index in [4.69, 9.17) is 11.6 Å². The van der Waals surface area contributed by atoms with E-state index in [1.165, 1.54) is 18.4 Å². The van der Waals surface area contributed by atoms with Crippen molar-refractivity contribution in [2.75, 3.05) is 24.3 Å². The van der Waals surface area contributed by atoms with E-state index in [0.717, 1.165) is 25.2 Å². The van der Waals surface area contributed by atoms with Gasteiger partial charge in [-0.15, -0.1) is 11.6 Å². The smallest absolute Gasteiger partial charge is 0.239 e. The number of alkyl halides is 1. The molecule has 0 saturated carbocycles. The molecule has 1 atom stereocenters. The van der Waals surface area contributed by atoms with Crippen LogP contribution in [0.3, 0.4) is 0 Å². The standard InChI is InChI=1S/C14H19ClN2O/c15-10-14(18)17-13-6-2-1-5-12(13)11-4-3-8-16-9-7-11/h1-2,5-6,11,16H,3-4,7-10H2,(H,17,18)/t11-/m1/s1. The molecule has 1 heterocycles. The summed E-state index contributed by atoms with van der Waals surface area (Å²) in [6.07, 6.45) is 3.47. The van der Waals surface area contributed by atoms with Gasteiger partial charge in [0.1, 0.15) is 5.88 Å². The number of carbonyl (C=O) groups excluding carboxylic acids is 1. The summed E-state index contributed by atoms with van der Waals surface area (Å²) in [6, 6.07) is 8.05. The number of anilines is 1. The summed E-state index contributed by atoms with van der Waals surface area (Å²) in [6.45, 7) is 2.13. The molecule has 0 aliphatic carbocycles. The minimum Gasteiger partial charge on any atom is -0.325 e. The van der Waals surface area contributed by atoms with E-state index in [0.29, 0.717) is 5.92 Å². The fourth-order valence-corrected chi connectivity index (χ4v) is 2.55. The first-order chi connectivity index (χ1) is 8.81. The number of rotatable bonds is 3. The SMILES string of the molecule is O=C(CCl)Nc1ccccc1[C@@H]1CCCNCC1. The molecule has 0 aromatic heterocycles. The zero-order chi connectivity index (χ0) is 12.8. The summed E-state index contributed by atoms with van der Waals surface area (Å²) in [5.41, 5.74) is 2.15. The predicted molar refractivity (Wildman–Crippen MR) is 75.3 cm³/mol. The fourth-order valence-electron chi connectivity index (χ4n) is 2.48. The maximum absolute atomic E-state index is 11.4. The van der Waals surface area contributed by atoms with Crippen molar-refractivity contribution in [1.82, 2.24) is 5.32 Å². The lowest BCUT2D eigenvalue weighted by Gasteiger charge is -2.18. The van der Waals surface area contributed by atoms with Crippen LogP contribution in [0.15, 0.2) is 24.3 Å². The zero-order valence-electron chi connectivity index (χ0n) is 10.4. The topological polar surface area (TPSA) is 41.1 Å². The van der Waals surface area contributed by atoms with Gasteiger partial charge in [-0.2, -0.15) is 0 Å². The quantitative estimate of drug-likeness (QED) is 0.826. The third kappa shape index (κ3) is 3.47. The molecular formula is C14H19ClN2O. The minimum absolute atomic E-state index is 0.000552. The average Bonchev–Trinajstić information content (AvgIpc) is 2.68. The van der Waals surface area contributed by atoms with E-state index >= 15 is 0 Å². The Labute approximate surface area is 113 Å². The van der Waals surface area contributed by atoms with Gasteiger partial charge in [-0.1, -0.05) is 18.2 Å². The Hall–Kier alpha value is -1.06. The molecule has 98 valence electrons. The molecule has 1 amide bonds. The molecule has 1 aromatic rings. The number of para-hydroxylation sites is 1. The first-order valence-corrected chi connectivity index (χ1v) is 7.00. The molecule has 1 fully saturated rings. The Kier molecular flexibility index (Phi) is 5.02. The molecule has 2 N–H and O–H groups in total. The second-order valence-corrected chi connectivity index (χ2v) is 4.91. The Morgan fingerprint density at radius 2 is 2.17 bits per heavy atom. The summed E-state index contributed by atoms with van der Waals surface area (Å²) in [7, 11) is 0. The predicted octanol–water partition coefficient (Wildman–Crippen LogP) is 2.72.